The van der Waals surface area contributed by atoms with E-state index in [2.05, 4.69) is 10.1 Å². The summed E-state index contributed by atoms with van der Waals surface area (Å²) in [6, 6.07) is 7.88. The van der Waals surface area contributed by atoms with Crippen LogP contribution >= 0.6 is 0 Å². The van der Waals surface area contributed by atoms with Gasteiger partial charge in [-0.25, -0.2) is 4.39 Å². The van der Waals surface area contributed by atoms with Gasteiger partial charge in [-0.2, -0.15) is 14.9 Å². The van der Waals surface area contributed by atoms with Crippen LogP contribution in [0, 0.1) is 17.1 Å². The average Bonchev–Trinajstić information content (AvgIpc) is 2.90. The van der Waals surface area contributed by atoms with Crippen molar-refractivity contribution < 1.29 is 4.39 Å². The fourth-order valence-electron chi connectivity index (χ4n) is 2.49. The normalized spacial score (nSPS) is 11.0. The lowest BCUT2D eigenvalue weighted by Gasteiger charge is -2.13. The highest BCUT2D eigenvalue weighted by atomic mass is 19.1. The van der Waals surface area contributed by atoms with Crippen LogP contribution in [-0.2, 0) is 0 Å². The molecule has 0 fully saturated rings. The number of H-pyrrole nitrogens is 1. The van der Waals surface area contributed by atoms with E-state index in [4.69, 9.17) is 5.26 Å². The maximum Gasteiger partial charge on any atom is 0.278 e. The van der Waals surface area contributed by atoms with Gasteiger partial charge in [0.1, 0.15) is 17.4 Å². The lowest BCUT2D eigenvalue weighted by atomic mass is 9.98. The molecule has 0 atom stereocenters. The number of aromatic nitrogens is 3. The van der Waals surface area contributed by atoms with E-state index >= 15 is 0 Å². The maximum absolute atomic E-state index is 13.1. The minimum absolute atomic E-state index is 0.0528. The molecule has 2 aromatic heterocycles. The van der Waals surface area contributed by atoms with Crippen molar-refractivity contribution >= 4 is 5.65 Å². The first-order valence-corrected chi connectivity index (χ1v) is 6.83. The summed E-state index contributed by atoms with van der Waals surface area (Å²) in [7, 11) is 0. The summed E-state index contributed by atoms with van der Waals surface area (Å²) in [6.45, 7) is 3.80. The number of hydrogen-bond acceptors (Lipinski definition) is 3. The van der Waals surface area contributed by atoms with Gasteiger partial charge in [0.2, 0.25) is 0 Å². The number of rotatable bonds is 2. The number of fused-ring (bicyclic) bond motifs is 1. The molecule has 0 amide bonds. The highest BCUT2D eigenvalue weighted by Gasteiger charge is 2.19. The van der Waals surface area contributed by atoms with Gasteiger partial charge < -0.3 is 4.98 Å². The van der Waals surface area contributed by atoms with Crippen molar-refractivity contribution in [3.63, 3.8) is 0 Å². The molecule has 0 aliphatic rings. The predicted molar refractivity (Wildman–Crippen MR) is 80.0 cm³/mol. The second kappa shape index (κ2) is 5.11. The zero-order valence-corrected chi connectivity index (χ0v) is 12.1. The molecule has 0 aliphatic heterocycles. The van der Waals surface area contributed by atoms with Crippen molar-refractivity contribution in [3.8, 4) is 17.3 Å². The Bertz CT molecular complexity index is 945. The molecule has 6 heteroatoms. The fourth-order valence-corrected chi connectivity index (χ4v) is 2.49. The minimum Gasteiger partial charge on any atom is -0.338 e. The first-order valence-electron chi connectivity index (χ1n) is 6.83. The Balaban J connectivity index is 2.41. The number of benzene rings is 1. The molecule has 0 bridgehead atoms. The van der Waals surface area contributed by atoms with Gasteiger partial charge in [-0.1, -0.05) is 13.8 Å². The third-order valence-electron chi connectivity index (χ3n) is 3.54. The SMILES string of the molecule is CC(C)c1c(-c2ccc(F)cc2)[nH]c2c(C#N)cnn2c1=O. The molecule has 110 valence electrons. The largest absolute Gasteiger partial charge is 0.338 e. The van der Waals surface area contributed by atoms with Crippen LogP contribution < -0.4 is 5.56 Å². The molecule has 0 saturated carbocycles. The van der Waals surface area contributed by atoms with Gasteiger partial charge in [0, 0.05) is 5.56 Å². The van der Waals surface area contributed by atoms with Gasteiger partial charge in [-0.3, -0.25) is 4.79 Å². The summed E-state index contributed by atoms with van der Waals surface area (Å²) in [6.07, 6.45) is 1.35. The Morgan fingerprint density at radius 1 is 1.32 bits per heavy atom. The van der Waals surface area contributed by atoms with Crippen LogP contribution in [0.5, 0.6) is 0 Å². The topological polar surface area (TPSA) is 73.9 Å². The Labute approximate surface area is 125 Å². The molecule has 0 saturated heterocycles. The van der Waals surface area contributed by atoms with E-state index in [0.717, 1.165) is 0 Å². The highest BCUT2D eigenvalue weighted by molar-refractivity contribution is 5.68. The fraction of sp³-hybridized carbons (Fsp3) is 0.188. The summed E-state index contributed by atoms with van der Waals surface area (Å²) in [4.78, 5) is 15.8. The third-order valence-corrected chi connectivity index (χ3v) is 3.54. The first-order chi connectivity index (χ1) is 10.5. The van der Waals surface area contributed by atoms with Crippen LogP contribution in [0.1, 0.15) is 30.9 Å². The van der Waals surface area contributed by atoms with Gasteiger partial charge in [0.25, 0.3) is 5.56 Å². The number of aromatic amines is 1. The highest BCUT2D eigenvalue weighted by Crippen LogP contribution is 2.26. The van der Waals surface area contributed by atoms with Crippen LogP contribution in [0.15, 0.2) is 35.3 Å². The van der Waals surface area contributed by atoms with Crippen LogP contribution in [-0.4, -0.2) is 14.6 Å². The Morgan fingerprint density at radius 3 is 2.59 bits per heavy atom. The standard InChI is InChI=1S/C16H13FN4O/c1-9(2)13-14(10-3-5-12(17)6-4-10)20-15-11(7-18)8-19-21(15)16(13)22/h3-6,8-9,20H,1-2H3. The monoisotopic (exact) mass is 296 g/mol. The van der Waals surface area contributed by atoms with E-state index < -0.39 is 0 Å². The molecule has 0 unspecified atom stereocenters. The van der Waals surface area contributed by atoms with E-state index in [1.807, 2.05) is 19.9 Å². The second-order valence-corrected chi connectivity index (χ2v) is 5.31. The lowest BCUT2D eigenvalue weighted by Crippen LogP contribution is -2.22. The maximum atomic E-state index is 13.1. The van der Waals surface area contributed by atoms with Crippen molar-refractivity contribution in [2.24, 2.45) is 0 Å². The van der Waals surface area contributed by atoms with Gasteiger partial charge in [0.05, 0.1) is 11.9 Å². The number of nitrogens with zero attached hydrogens (tertiary/aromatic N) is 3. The van der Waals surface area contributed by atoms with Gasteiger partial charge in [0.15, 0.2) is 5.65 Å². The Kier molecular flexibility index (Phi) is 3.26. The molecule has 22 heavy (non-hydrogen) atoms. The van der Waals surface area contributed by atoms with Crippen molar-refractivity contribution in [2.75, 3.05) is 0 Å². The summed E-state index contributed by atoms with van der Waals surface area (Å²) in [5, 5.41) is 13.1. The molecular formula is C16H13FN4O. The molecule has 3 aromatic rings. The van der Waals surface area contributed by atoms with E-state index in [9.17, 15) is 9.18 Å². The predicted octanol–water partition coefficient (Wildman–Crippen LogP) is 2.82. The Morgan fingerprint density at radius 2 is 2.00 bits per heavy atom. The quantitative estimate of drug-likeness (QED) is 0.790. The third kappa shape index (κ3) is 2.07. The van der Waals surface area contributed by atoms with E-state index in [-0.39, 0.29) is 22.9 Å². The van der Waals surface area contributed by atoms with Crippen LogP contribution in [0.3, 0.4) is 0 Å². The van der Waals surface area contributed by atoms with Crippen LogP contribution in [0.2, 0.25) is 0 Å². The average molecular weight is 296 g/mol. The zero-order chi connectivity index (χ0) is 15.9. The minimum atomic E-state index is -0.347. The van der Waals surface area contributed by atoms with Crippen molar-refractivity contribution in [2.45, 2.75) is 19.8 Å². The van der Waals surface area contributed by atoms with Crippen LogP contribution in [0.4, 0.5) is 4.39 Å². The number of hydrogen-bond donors (Lipinski definition) is 1. The lowest BCUT2D eigenvalue weighted by molar-refractivity contribution is 0.628. The number of halogens is 1. The molecule has 3 rings (SSSR count). The molecule has 1 aromatic carbocycles. The molecule has 0 aliphatic carbocycles. The zero-order valence-electron chi connectivity index (χ0n) is 12.1. The summed E-state index contributed by atoms with van der Waals surface area (Å²) >= 11 is 0. The van der Waals surface area contributed by atoms with Crippen LogP contribution in [0.25, 0.3) is 16.9 Å². The molecule has 5 nitrogen and oxygen atoms in total. The molecule has 1 N–H and O–H groups in total. The summed E-state index contributed by atoms with van der Waals surface area (Å²) in [5.41, 5.74) is 2.18. The molecule has 0 radical (unpaired) electrons. The van der Waals surface area contributed by atoms with Crippen molar-refractivity contribution in [1.29, 1.82) is 5.26 Å². The summed E-state index contributed by atoms with van der Waals surface area (Å²) in [5.74, 6) is -0.400. The summed E-state index contributed by atoms with van der Waals surface area (Å²) < 4.78 is 14.3. The van der Waals surface area contributed by atoms with Crippen molar-refractivity contribution in [1.82, 2.24) is 14.6 Å². The van der Waals surface area contributed by atoms with Gasteiger partial charge >= 0.3 is 0 Å². The number of nitriles is 1. The van der Waals surface area contributed by atoms with Gasteiger partial charge in [-0.15, -0.1) is 0 Å². The Hall–Kier alpha value is -2.94. The first kappa shape index (κ1) is 14.0. The molecule has 2 heterocycles. The molecule has 0 spiro atoms. The van der Waals surface area contributed by atoms with Gasteiger partial charge in [-0.05, 0) is 35.7 Å². The molecular weight excluding hydrogens is 283 g/mol. The van der Waals surface area contributed by atoms with E-state index in [0.29, 0.717) is 22.5 Å². The second-order valence-electron chi connectivity index (χ2n) is 5.31. The van der Waals surface area contributed by atoms with E-state index in [1.54, 1.807) is 12.1 Å². The smallest absolute Gasteiger partial charge is 0.278 e. The number of nitrogens with one attached hydrogen (secondary N) is 1. The van der Waals surface area contributed by atoms with E-state index in [1.165, 1.54) is 22.8 Å². The van der Waals surface area contributed by atoms with Crippen molar-refractivity contribution in [3.05, 3.63) is 57.8 Å².